The van der Waals surface area contributed by atoms with Gasteiger partial charge in [-0.2, -0.15) is 15.3 Å². The summed E-state index contributed by atoms with van der Waals surface area (Å²) in [5.74, 6) is 1.03. The lowest BCUT2D eigenvalue weighted by atomic mass is 9.80. The number of anilines is 1. The third-order valence-corrected chi connectivity index (χ3v) is 13.3. The van der Waals surface area contributed by atoms with E-state index in [0.717, 1.165) is 16.7 Å². The molecule has 0 bridgehead atoms. The van der Waals surface area contributed by atoms with E-state index < -0.39 is 50.3 Å². The van der Waals surface area contributed by atoms with Crippen LogP contribution in [0.25, 0.3) is 0 Å². The highest BCUT2D eigenvalue weighted by Gasteiger charge is 2.52. The molecule has 4 aromatic carbocycles. The number of amides is 1. The molecule has 68 heavy (non-hydrogen) atoms. The van der Waals surface area contributed by atoms with Crippen molar-refractivity contribution in [3.05, 3.63) is 154 Å². The standard InChI is InChI=1S/C51H63N6O10P/c1-35(2)57(36(3)4)68(65-30-16-29-52)67-45-44(34-63-51(39-19-14-11-15-20-39,40-21-25-42(60-8)26-22-40)41-23-27-43(61-9)28-24-41)66-49(46(45)62-31-32-64-55(6)7)56-33-37(5)47(54-50(56)59)53-48(58)38-17-12-10-13-18-38/h10-15,17-28,33,35-36,44-46,49H,16,30-32,34H2,1-9H3,(H,53,54,58,59)/t44-,45-,46-,49-,68?/m1/s1. The Kier molecular flexibility index (Phi) is 18.8. The molecule has 1 aliphatic rings. The van der Waals surface area contributed by atoms with E-state index in [4.69, 9.17) is 37.6 Å². The molecule has 5 aromatic rings. The van der Waals surface area contributed by atoms with Crippen LogP contribution < -0.4 is 20.5 Å². The van der Waals surface area contributed by atoms with Gasteiger partial charge >= 0.3 is 5.69 Å². The Morgan fingerprint density at radius 2 is 1.41 bits per heavy atom. The highest BCUT2D eigenvalue weighted by atomic mass is 31.2. The van der Waals surface area contributed by atoms with Crippen molar-refractivity contribution in [2.24, 2.45) is 0 Å². The van der Waals surface area contributed by atoms with Gasteiger partial charge in [-0.15, -0.1) is 0 Å². The van der Waals surface area contributed by atoms with Gasteiger partial charge < -0.3 is 38.0 Å². The summed E-state index contributed by atoms with van der Waals surface area (Å²) in [5, 5.41) is 13.9. The topological polar surface area (TPSA) is 168 Å². The van der Waals surface area contributed by atoms with Crippen molar-refractivity contribution in [2.45, 2.75) is 83.3 Å². The molecule has 1 fully saturated rings. The van der Waals surface area contributed by atoms with Gasteiger partial charge in [-0.25, -0.2) is 9.46 Å². The monoisotopic (exact) mass is 950 g/mol. The summed E-state index contributed by atoms with van der Waals surface area (Å²) in [4.78, 5) is 37.7. The van der Waals surface area contributed by atoms with E-state index in [1.807, 2.05) is 84.9 Å². The summed E-state index contributed by atoms with van der Waals surface area (Å²) in [6, 6.07) is 36.1. The van der Waals surface area contributed by atoms with E-state index in [1.54, 1.807) is 70.8 Å². The Bertz CT molecular complexity index is 2400. The third-order valence-electron chi connectivity index (χ3n) is 11.2. The quantitative estimate of drug-likeness (QED) is 0.0272. The van der Waals surface area contributed by atoms with Gasteiger partial charge in [0.25, 0.3) is 14.4 Å². The minimum Gasteiger partial charge on any atom is -0.497 e. The second-order valence-electron chi connectivity index (χ2n) is 16.8. The molecule has 362 valence electrons. The summed E-state index contributed by atoms with van der Waals surface area (Å²) in [5.41, 5.74) is 1.39. The van der Waals surface area contributed by atoms with Gasteiger partial charge in [-0.3, -0.25) is 14.2 Å². The van der Waals surface area contributed by atoms with Crippen molar-refractivity contribution in [3.8, 4) is 17.6 Å². The number of aromatic nitrogens is 2. The zero-order chi connectivity index (χ0) is 48.8. The first-order valence-corrected chi connectivity index (χ1v) is 23.7. The van der Waals surface area contributed by atoms with Gasteiger partial charge in [0.05, 0.1) is 53.1 Å². The van der Waals surface area contributed by atoms with E-state index in [2.05, 4.69) is 48.7 Å². The van der Waals surface area contributed by atoms with E-state index >= 15 is 0 Å². The first-order chi connectivity index (χ1) is 32.8. The van der Waals surface area contributed by atoms with Crippen LogP contribution in [0, 0.1) is 18.3 Å². The highest BCUT2D eigenvalue weighted by molar-refractivity contribution is 7.44. The highest BCUT2D eigenvalue weighted by Crippen LogP contribution is 2.51. The Hall–Kier alpha value is -5.57. The number of carbonyl (C=O) groups excluding carboxylic acids is 1. The van der Waals surface area contributed by atoms with Gasteiger partial charge in [0.1, 0.15) is 41.2 Å². The number of nitrogens with zero attached hydrogens (tertiary/aromatic N) is 5. The lowest BCUT2D eigenvalue weighted by Gasteiger charge is -2.39. The number of carbonyl (C=O) groups is 1. The van der Waals surface area contributed by atoms with Crippen molar-refractivity contribution in [1.82, 2.24) is 19.3 Å². The maximum absolute atomic E-state index is 14.3. The maximum atomic E-state index is 14.3. The van der Waals surface area contributed by atoms with Crippen LogP contribution in [0.4, 0.5) is 5.82 Å². The molecule has 2 heterocycles. The molecule has 0 aliphatic carbocycles. The van der Waals surface area contributed by atoms with E-state index in [-0.39, 0.29) is 50.7 Å². The number of methoxy groups -OCH3 is 2. The van der Waals surface area contributed by atoms with Gasteiger partial charge in [0.15, 0.2) is 6.23 Å². The van der Waals surface area contributed by atoms with Gasteiger partial charge in [-0.1, -0.05) is 72.8 Å². The van der Waals surface area contributed by atoms with Gasteiger partial charge in [0.2, 0.25) is 0 Å². The average molecular weight is 951 g/mol. The molecular weight excluding hydrogens is 888 g/mol. The van der Waals surface area contributed by atoms with Gasteiger partial charge in [-0.05, 0) is 87.7 Å². The molecule has 0 spiro atoms. The SMILES string of the molecule is COc1ccc(C(OC[C@H]2O[C@@H](n3cc(C)c(NC(=O)c4ccccc4)nc3=O)[C@H](OCCON(C)C)[C@@H]2OP(OCCC#N)N(C(C)C)C(C)C)(c2ccccc2)c2ccc(OC)cc2)cc1. The van der Waals surface area contributed by atoms with Crippen molar-refractivity contribution in [1.29, 1.82) is 5.26 Å². The molecular formula is C51H63N6O10P. The number of ether oxygens (including phenoxy) is 5. The molecule has 1 saturated heterocycles. The van der Waals surface area contributed by atoms with Crippen LogP contribution in [-0.4, -0.2) is 110 Å². The third kappa shape index (κ3) is 12.5. The van der Waals surface area contributed by atoms with Crippen LogP contribution in [0.15, 0.2) is 120 Å². The minimum absolute atomic E-state index is 0.0344. The van der Waals surface area contributed by atoms with Crippen LogP contribution in [0.1, 0.15) is 73.0 Å². The number of benzene rings is 4. The molecule has 16 nitrogen and oxygen atoms in total. The Morgan fingerprint density at radius 1 is 0.838 bits per heavy atom. The number of aryl methyl sites for hydroxylation is 1. The fourth-order valence-corrected chi connectivity index (χ4v) is 9.87. The molecule has 1 aromatic heterocycles. The van der Waals surface area contributed by atoms with E-state index in [1.165, 1.54) is 4.57 Å². The zero-order valence-electron chi connectivity index (χ0n) is 40.2. The molecule has 17 heteroatoms. The average Bonchev–Trinajstić information content (AvgIpc) is 3.67. The predicted octanol–water partition coefficient (Wildman–Crippen LogP) is 8.27. The maximum Gasteiger partial charge on any atom is 0.351 e. The van der Waals surface area contributed by atoms with Crippen LogP contribution in [0.3, 0.4) is 0 Å². The first-order valence-electron chi connectivity index (χ1n) is 22.6. The molecule has 5 atom stereocenters. The molecule has 1 aliphatic heterocycles. The number of nitrogens with one attached hydrogen (secondary N) is 1. The molecule has 1 unspecified atom stereocenters. The molecule has 0 saturated carbocycles. The fourth-order valence-electron chi connectivity index (χ4n) is 8.10. The van der Waals surface area contributed by atoms with Crippen LogP contribution >= 0.6 is 8.53 Å². The Balaban J connectivity index is 1.50. The Labute approximate surface area is 400 Å². The van der Waals surface area contributed by atoms with Crippen molar-refractivity contribution >= 4 is 20.3 Å². The molecule has 0 radical (unpaired) electrons. The van der Waals surface area contributed by atoms with Crippen LogP contribution in [-0.2, 0) is 33.7 Å². The fraction of sp³-hybridized carbons (Fsp3) is 0.412. The molecule has 1 N–H and O–H groups in total. The van der Waals surface area contributed by atoms with Crippen molar-refractivity contribution < 1.29 is 42.4 Å². The van der Waals surface area contributed by atoms with Crippen molar-refractivity contribution in [2.75, 3.05) is 60.1 Å². The number of hydroxylamine groups is 2. The number of rotatable bonds is 24. The lowest BCUT2D eigenvalue weighted by Crippen LogP contribution is -2.43. The summed E-state index contributed by atoms with van der Waals surface area (Å²) >= 11 is 0. The predicted molar refractivity (Wildman–Crippen MR) is 259 cm³/mol. The molecule has 6 rings (SSSR count). The number of hydrogen-bond acceptors (Lipinski definition) is 14. The summed E-state index contributed by atoms with van der Waals surface area (Å²) < 4.78 is 49.5. The summed E-state index contributed by atoms with van der Waals surface area (Å²) in [7, 11) is 4.90. The second kappa shape index (κ2) is 24.6. The van der Waals surface area contributed by atoms with Gasteiger partial charge in [0, 0.05) is 43.5 Å². The van der Waals surface area contributed by atoms with Crippen LogP contribution in [0.5, 0.6) is 11.5 Å². The zero-order valence-corrected chi connectivity index (χ0v) is 41.1. The lowest BCUT2D eigenvalue weighted by molar-refractivity contribution is -0.150. The first kappa shape index (κ1) is 51.8. The number of hydrogen-bond donors (Lipinski definition) is 1. The largest absolute Gasteiger partial charge is 0.497 e. The van der Waals surface area contributed by atoms with Crippen molar-refractivity contribution in [3.63, 3.8) is 0 Å². The second-order valence-corrected chi connectivity index (χ2v) is 18.2. The summed E-state index contributed by atoms with van der Waals surface area (Å²) in [6.07, 6.45) is -2.23. The van der Waals surface area contributed by atoms with Crippen LogP contribution in [0.2, 0.25) is 0 Å². The number of nitriles is 1. The van der Waals surface area contributed by atoms with E-state index in [0.29, 0.717) is 22.6 Å². The summed E-state index contributed by atoms with van der Waals surface area (Å²) in [6.45, 7) is 10.2. The van der Waals surface area contributed by atoms with E-state index in [9.17, 15) is 14.9 Å². The normalized spacial score (nSPS) is 17.7. The molecule has 1 amide bonds. The smallest absolute Gasteiger partial charge is 0.351 e. The Morgan fingerprint density at radius 3 is 1.96 bits per heavy atom. The minimum atomic E-state index is -1.88.